The molecule has 1 aromatic heterocycles. The average Bonchev–Trinajstić information content (AvgIpc) is 3.00. The third-order valence-electron chi connectivity index (χ3n) is 3.76. The van der Waals surface area contributed by atoms with Crippen molar-refractivity contribution in [3.8, 4) is 0 Å². The monoisotopic (exact) mass is 320 g/mol. The van der Waals surface area contributed by atoms with Crippen LogP contribution in [-0.4, -0.2) is 56.8 Å². The van der Waals surface area contributed by atoms with Gasteiger partial charge < -0.3 is 19.8 Å². The van der Waals surface area contributed by atoms with E-state index < -0.39 is 0 Å². The molecule has 0 spiro atoms. The second kappa shape index (κ2) is 9.37. The second-order valence-electron chi connectivity index (χ2n) is 5.50. The van der Waals surface area contributed by atoms with Gasteiger partial charge in [-0.1, -0.05) is 6.08 Å². The molecule has 6 heteroatoms. The van der Waals surface area contributed by atoms with Crippen LogP contribution in [0.15, 0.2) is 34.2 Å². The average molecular weight is 320 g/mol. The molecule has 23 heavy (non-hydrogen) atoms. The number of aryl methyl sites for hydroxylation is 1. The topological polar surface area (TPSA) is 62.0 Å². The van der Waals surface area contributed by atoms with Gasteiger partial charge in [-0.05, 0) is 26.0 Å². The van der Waals surface area contributed by atoms with Crippen molar-refractivity contribution in [2.75, 3.05) is 45.9 Å². The highest BCUT2D eigenvalue weighted by Gasteiger charge is 2.25. The molecular weight excluding hydrogens is 292 g/mol. The summed E-state index contributed by atoms with van der Waals surface area (Å²) in [6.45, 7) is 13.2. The van der Waals surface area contributed by atoms with E-state index in [0.717, 1.165) is 50.3 Å². The molecule has 0 aromatic carbocycles. The van der Waals surface area contributed by atoms with Crippen LogP contribution in [0.2, 0.25) is 0 Å². The Hall–Kier alpha value is -1.79. The highest BCUT2D eigenvalue weighted by atomic mass is 16.5. The fourth-order valence-electron chi connectivity index (χ4n) is 2.60. The lowest BCUT2D eigenvalue weighted by Crippen LogP contribution is -2.41. The van der Waals surface area contributed by atoms with Gasteiger partial charge in [0, 0.05) is 26.2 Å². The summed E-state index contributed by atoms with van der Waals surface area (Å²) in [5.41, 5.74) is 0. The zero-order chi connectivity index (χ0) is 16.5. The fraction of sp³-hybridized carbons (Fsp3) is 0.588. The summed E-state index contributed by atoms with van der Waals surface area (Å²) in [5, 5.41) is 6.48. The van der Waals surface area contributed by atoms with Crippen molar-refractivity contribution in [3.63, 3.8) is 0 Å². The number of aliphatic imine (C=N–C) groups is 1. The molecule has 6 nitrogen and oxygen atoms in total. The minimum absolute atomic E-state index is 0.131. The third kappa shape index (κ3) is 5.41. The molecule has 1 aliphatic rings. The molecule has 2 rings (SSSR count). The van der Waals surface area contributed by atoms with Gasteiger partial charge in [-0.2, -0.15) is 0 Å². The standard InChI is InChI=1S/C17H28N4O2/c1-4-8-19-17(18-5-2)20-13-15(16-7-6-14(3)23-16)21-9-11-22-12-10-21/h4,6-7,15H,1,5,8-13H2,2-3H3,(H2,18,19,20). The number of hydrogen-bond donors (Lipinski definition) is 2. The molecule has 0 aliphatic carbocycles. The van der Waals surface area contributed by atoms with Gasteiger partial charge in [-0.25, -0.2) is 0 Å². The van der Waals surface area contributed by atoms with Crippen LogP contribution in [0.5, 0.6) is 0 Å². The van der Waals surface area contributed by atoms with Crippen molar-refractivity contribution >= 4 is 5.96 Å². The first kappa shape index (κ1) is 17.6. The summed E-state index contributed by atoms with van der Waals surface area (Å²) >= 11 is 0. The molecule has 2 N–H and O–H groups in total. The lowest BCUT2D eigenvalue weighted by Gasteiger charge is -2.32. The zero-order valence-corrected chi connectivity index (χ0v) is 14.2. The van der Waals surface area contributed by atoms with E-state index in [0.29, 0.717) is 13.1 Å². The summed E-state index contributed by atoms with van der Waals surface area (Å²) in [7, 11) is 0. The van der Waals surface area contributed by atoms with Crippen LogP contribution < -0.4 is 10.6 Å². The summed E-state index contributed by atoms with van der Waals surface area (Å²) in [4.78, 5) is 7.09. The first-order valence-corrected chi connectivity index (χ1v) is 8.25. The van der Waals surface area contributed by atoms with Crippen LogP contribution in [0.25, 0.3) is 0 Å². The maximum atomic E-state index is 5.86. The smallest absolute Gasteiger partial charge is 0.191 e. The molecule has 1 fully saturated rings. The van der Waals surface area contributed by atoms with Gasteiger partial charge >= 0.3 is 0 Å². The number of guanidine groups is 1. The maximum Gasteiger partial charge on any atom is 0.191 e. The van der Waals surface area contributed by atoms with Gasteiger partial charge in [0.25, 0.3) is 0 Å². The summed E-state index contributed by atoms with van der Waals surface area (Å²) in [5.74, 6) is 2.69. The Morgan fingerprint density at radius 3 is 2.78 bits per heavy atom. The normalized spacial score (nSPS) is 17.7. The molecule has 128 valence electrons. The lowest BCUT2D eigenvalue weighted by molar-refractivity contribution is 0.0135. The SMILES string of the molecule is C=CCNC(=NCC(c1ccc(C)o1)N1CCOCC1)NCC. The Labute approximate surface area is 138 Å². The van der Waals surface area contributed by atoms with Crippen molar-refractivity contribution in [2.45, 2.75) is 19.9 Å². The highest BCUT2D eigenvalue weighted by molar-refractivity contribution is 5.79. The Bertz CT molecular complexity index is 506. The first-order chi connectivity index (χ1) is 11.2. The predicted molar refractivity (Wildman–Crippen MR) is 92.8 cm³/mol. The summed E-state index contributed by atoms with van der Waals surface area (Å²) < 4.78 is 11.3. The van der Waals surface area contributed by atoms with E-state index in [1.54, 1.807) is 0 Å². The maximum absolute atomic E-state index is 5.86. The molecule has 1 atom stereocenters. The summed E-state index contributed by atoms with van der Waals surface area (Å²) in [6, 6.07) is 4.19. The molecule has 1 aromatic rings. The van der Waals surface area contributed by atoms with E-state index in [9.17, 15) is 0 Å². The van der Waals surface area contributed by atoms with Crippen LogP contribution in [-0.2, 0) is 4.74 Å². The summed E-state index contributed by atoms with van der Waals surface area (Å²) in [6.07, 6.45) is 1.82. The molecule has 2 heterocycles. The molecule has 0 saturated carbocycles. The zero-order valence-electron chi connectivity index (χ0n) is 14.2. The fourth-order valence-corrected chi connectivity index (χ4v) is 2.60. The number of hydrogen-bond acceptors (Lipinski definition) is 4. The molecule has 0 amide bonds. The Kier molecular flexibility index (Phi) is 7.16. The van der Waals surface area contributed by atoms with E-state index in [4.69, 9.17) is 14.1 Å². The largest absolute Gasteiger partial charge is 0.465 e. The van der Waals surface area contributed by atoms with Crippen molar-refractivity contribution in [1.29, 1.82) is 0 Å². The van der Waals surface area contributed by atoms with Crippen LogP contribution in [0.3, 0.4) is 0 Å². The quantitative estimate of drug-likeness (QED) is 0.455. The number of ether oxygens (including phenoxy) is 1. The van der Waals surface area contributed by atoms with Crippen molar-refractivity contribution in [2.24, 2.45) is 4.99 Å². The van der Waals surface area contributed by atoms with E-state index in [1.165, 1.54) is 0 Å². The van der Waals surface area contributed by atoms with Gasteiger partial charge in [0.1, 0.15) is 11.5 Å². The minimum atomic E-state index is 0.131. The molecule has 0 bridgehead atoms. The van der Waals surface area contributed by atoms with Crippen molar-refractivity contribution in [3.05, 3.63) is 36.3 Å². The number of rotatable bonds is 7. The molecule has 1 unspecified atom stereocenters. The van der Waals surface area contributed by atoms with Gasteiger partial charge in [0.15, 0.2) is 5.96 Å². The lowest BCUT2D eigenvalue weighted by atomic mass is 10.1. The number of morpholine rings is 1. The van der Waals surface area contributed by atoms with Gasteiger partial charge in [0.05, 0.1) is 25.8 Å². The van der Waals surface area contributed by atoms with Gasteiger partial charge in [-0.15, -0.1) is 6.58 Å². The van der Waals surface area contributed by atoms with E-state index in [2.05, 4.69) is 35.1 Å². The van der Waals surface area contributed by atoms with Crippen molar-refractivity contribution < 1.29 is 9.15 Å². The minimum Gasteiger partial charge on any atom is -0.465 e. The Balaban J connectivity index is 2.10. The van der Waals surface area contributed by atoms with Crippen LogP contribution in [0.4, 0.5) is 0 Å². The molecule has 0 radical (unpaired) electrons. The predicted octanol–water partition coefficient (Wildman–Crippen LogP) is 1.70. The van der Waals surface area contributed by atoms with Gasteiger partial charge in [0.2, 0.25) is 0 Å². The van der Waals surface area contributed by atoms with Crippen LogP contribution >= 0.6 is 0 Å². The number of furan rings is 1. The first-order valence-electron chi connectivity index (χ1n) is 8.25. The molecule has 1 saturated heterocycles. The second-order valence-corrected chi connectivity index (χ2v) is 5.50. The van der Waals surface area contributed by atoms with E-state index >= 15 is 0 Å². The molecular formula is C17H28N4O2. The van der Waals surface area contributed by atoms with E-state index in [1.807, 2.05) is 19.1 Å². The number of nitrogens with one attached hydrogen (secondary N) is 2. The number of nitrogens with zero attached hydrogens (tertiary/aromatic N) is 2. The Morgan fingerprint density at radius 1 is 1.39 bits per heavy atom. The third-order valence-corrected chi connectivity index (χ3v) is 3.76. The van der Waals surface area contributed by atoms with Gasteiger partial charge in [-0.3, -0.25) is 9.89 Å². The van der Waals surface area contributed by atoms with Crippen LogP contribution in [0.1, 0.15) is 24.5 Å². The van der Waals surface area contributed by atoms with Crippen LogP contribution in [0, 0.1) is 6.92 Å². The van der Waals surface area contributed by atoms with E-state index in [-0.39, 0.29) is 6.04 Å². The molecule has 1 aliphatic heterocycles. The highest BCUT2D eigenvalue weighted by Crippen LogP contribution is 2.24. The van der Waals surface area contributed by atoms with Crippen molar-refractivity contribution in [1.82, 2.24) is 15.5 Å². The Morgan fingerprint density at radius 2 is 2.17 bits per heavy atom.